The van der Waals surface area contributed by atoms with Crippen molar-refractivity contribution >= 4 is 11.0 Å². The van der Waals surface area contributed by atoms with Crippen LogP contribution in [0.1, 0.15) is 25.2 Å². The molecule has 1 heterocycles. The van der Waals surface area contributed by atoms with Crippen molar-refractivity contribution in [3.63, 3.8) is 0 Å². The Morgan fingerprint density at radius 1 is 1.26 bits per heavy atom. The molecule has 3 heteroatoms. The van der Waals surface area contributed by atoms with Crippen molar-refractivity contribution < 1.29 is 4.42 Å². The molecular formula is C16H24N2O. The van der Waals surface area contributed by atoms with Crippen molar-refractivity contribution in [3.8, 4) is 0 Å². The number of benzene rings is 1. The Morgan fingerprint density at radius 3 is 2.68 bits per heavy atom. The summed E-state index contributed by atoms with van der Waals surface area (Å²) >= 11 is 0. The number of hydrogen-bond acceptors (Lipinski definition) is 3. The fourth-order valence-corrected chi connectivity index (χ4v) is 2.58. The van der Waals surface area contributed by atoms with Crippen LogP contribution >= 0.6 is 0 Å². The van der Waals surface area contributed by atoms with Crippen LogP contribution in [0.3, 0.4) is 0 Å². The number of hydrogen-bond donors (Lipinski definition) is 1. The highest BCUT2D eigenvalue weighted by atomic mass is 16.3. The Labute approximate surface area is 115 Å². The van der Waals surface area contributed by atoms with Gasteiger partial charge in [-0.2, -0.15) is 0 Å². The van der Waals surface area contributed by atoms with Gasteiger partial charge < -0.3 is 14.6 Å². The zero-order valence-corrected chi connectivity index (χ0v) is 12.4. The zero-order chi connectivity index (χ0) is 13.8. The van der Waals surface area contributed by atoms with E-state index in [2.05, 4.69) is 43.2 Å². The van der Waals surface area contributed by atoms with Gasteiger partial charge in [0.2, 0.25) is 0 Å². The predicted octanol–water partition coefficient (Wildman–Crippen LogP) is 3.24. The second kappa shape index (κ2) is 6.22. The summed E-state index contributed by atoms with van der Waals surface area (Å²) in [5.41, 5.74) is 2.30. The van der Waals surface area contributed by atoms with Gasteiger partial charge >= 0.3 is 0 Å². The van der Waals surface area contributed by atoms with E-state index in [0.29, 0.717) is 5.92 Å². The van der Waals surface area contributed by atoms with Crippen LogP contribution in [0.5, 0.6) is 0 Å². The van der Waals surface area contributed by atoms with E-state index in [1.165, 1.54) is 10.9 Å². The summed E-state index contributed by atoms with van der Waals surface area (Å²) in [6, 6.07) is 8.29. The fraction of sp³-hybridized carbons (Fsp3) is 0.500. The maximum absolute atomic E-state index is 5.96. The average Bonchev–Trinajstić information content (AvgIpc) is 2.67. The lowest BCUT2D eigenvalue weighted by Crippen LogP contribution is -2.23. The lowest BCUT2D eigenvalue weighted by atomic mass is 10.1. The van der Waals surface area contributed by atoms with E-state index in [0.717, 1.165) is 31.0 Å². The molecule has 0 saturated heterocycles. The summed E-state index contributed by atoms with van der Waals surface area (Å²) in [5, 5.41) is 4.43. The Kier molecular flexibility index (Phi) is 4.61. The molecule has 0 fully saturated rings. The molecule has 0 amide bonds. The Balaban J connectivity index is 2.30. The minimum absolute atomic E-state index is 0.677. The second-order valence-electron chi connectivity index (χ2n) is 5.62. The van der Waals surface area contributed by atoms with Gasteiger partial charge in [0.15, 0.2) is 0 Å². The predicted molar refractivity (Wildman–Crippen MR) is 80.1 cm³/mol. The molecule has 0 radical (unpaired) electrons. The topological polar surface area (TPSA) is 28.4 Å². The van der Waals surface area contributed by atoms with Crippen LogP contribution in [-0.4, -0.2) is 25.5 Å². The quantitative estimate of drug-likeness (QED) is 0.864. The molecular weight excluding hydrogens is 236 g/mol. The van der Waals surface area contributed by atoms with Gasteiger partial charge in [0.05, 0.1) is 6.54 Å². The van der Waals surface area contributed by atoms with Crippen molar-refractivity contribution in [1.82, 2.24) is 10.2 Å². The Morgan fingerprint density at radius 2 is 2.00 bits per heavy atom. The van der Waals surface area contributed by atoms with E-state index in [1.807, 2.05) is 19.2 Å². The van der Waals surface area contributed by atoms with Gasteiger partial charge in [-0.1, -0.05) is 32.0 Å². The van der Waals surface area contributed by atoms with Crippen molar-refractivity contribution in [2.45, 2.75) is 26.9 Å². The lowest BCUT2D eigenvalue weighted by Gasteiger charge is -2.19. The van der Waals surface area contributed by atoms with Gasteiger partial charge in [-0.15, -0.1) is 0 Å². The molecule has 0 aliphatic rings. The Hall–Kier alpha value is -1.32. The second-order valence-corrected chi connectivity index (χ2v) is 5.62. The van der Waals surface area contributed by atoms with E-state index in [1.54, 1.807) is 0 Å². The first-order valence-electron chi connectivity index (χ1n) is 6.94. The van der Waals surface area contributed by atoms with E-state index in [-0.39, 0.29) is 0 Å². The van der Waals surface area contributed by atoms with Crippen LogP contribution in [0.15, 0.2) is 28.7 Å². The van der Waals surface area contributed by atoms with E-state index < -0.39 is 0 Å². The maximum atomic E-state index is 5.96. The smallest absolute Gasteiger partial charge is 0.134 e. The molecule has 2 rings (SSSR count). The molecule has 0 aliphatic heterocycles. The average molecular weight is 260 g/mol. The van der Waals surface area contributed by atoms with Crippen molar-refractivity contribution in [1.29, 1.82) is 0 Å². The van der Waals surface area contributed by atoms with Gasteiger partial charge in [-0.3, -0.25) is 0 Å². The molecule has 0 unspecified atom stereocenters. The van der Waals surface area contributed by atoms with Gasteiger partial charge in [0, 0.05) is 24.0 Å². The fourth-order valence-electron chi connectivity index (χ4n) is 2.58. The molecule has 19 heavy (non-hydrogen) atoms. The number of furan rings is 1. The van der Waals surface area contributed by atoms with Gasteiger partial charge in [-0.25, -0.2) is 0 Å². The van der Waals surface area contributed by atoms with Crippen molar-refractivity contribution in [2.75, 3.05) is 20.6 Å². The molecule has 0 spiro atoms. The lowest BCUT2D eigenvalue weighted by molar-refractivity contribution is 0.286. The van der Waals surface area contributed by atoms with Crippen LogP contribution in [-0.2, 0) is 13.1 Å². The monoisotopic (exact) mass is 260 g/mol. The first kappa shape index (κ1) is 14.1. The Bertz CT molecular complexity index is 531. The molecule has 0 atom stereocenters. The van der Waals surface area contributed by atoms with Crippen LogP contribution in [0.2, 0.25) is 0 Å². The third-order valence-electron chi connectivity index (χ3n) is 3.22. The molecule has 1 aromatic heterocycles. The number of nitrogens with zero attached hydrogens (tertiary/aromatic N) is 1. The molecule has 104 valence electrons. The molecule has 0 aliphatic carbocycles. The number of nitrogens with one attached hydrogen (secondary N) is 1. The van der Waals surface area contributed by atoms with Crippen LogP contribution in [0, 0.1) is 5.92 Å². The van der Waals surface area contributed by atoms with E-state index in [9.17, 15) is 0 Å². The molecule has 1 N–H and O–H groups in total. The largest absolute Gasteiger partial charge is 0.459 e. The van der Waals surface area contributed by atoms with Crippen molar-refractivity contribution in [2.24, 2.45) is 5.92 Å². The minimum Gasteiger partial charge on any atom is -0.459 e. The molecule has 2 aromatic rings. The number of para-hydroxylation sites is 1. The SMILES string of the molecule is CNCc1oc2ccccc2c1CN(C)CC(C)C. The minimum atomic E-state index is 0.677. The van der Waals surface area contributed by atoms with E-state index in [4.69, 9.17) is 4.42 Å². The first-order valence-corrected chi connectivity index (χ1v) is 6.94. The van der Waals surface area contributed by atoms with Gasteiger partial charge in [0.25, 0.3) is 0 Å². The third-order valence-corrected chi connectivity index (χ3v) is 3.22. The summed E-state index contributed by atoms with van der Waals surface area (Å²) in [5.74, 6) is 1.73. The summed E-state index contributed by atoms with van der Waals surface area (Å²) < 4.78 is 5.96. The van der Waals surface area contributed by atoms with Gasteiger partial charge in [-0.05, 0) is 26.1 Å². The highest BCUT2D eigenvalue weighted by molar-refractivity contribution is 5.82. The van der Waals surface area contributed by atoms with Crippen LogP contribution < -0.4 is 5.32 Å². The summed E-state index contributed by atoms with van der Waals surface area (Å²) in [4.78, 5) is 2.36. The maximum Gasteiger partial charge on any atom is 0.134 e. The first-order chi connectivity index (χ1) is 9.11. The highest BCUT2D eigenvalue weighted by Gasteiger charge is 2.15. The summed E-state index contributed by atoms with van der Waals surface area (Å²) in [6.07, 6.45) is 0. The molecule has 1 aromatic carbocycles. The normalized spacial score (nSPS) is 11.9. The number of rotatable bonds is 6. The molecule has 0 bridgehead atoms. The molecule has 0 saturated carbocycles. The summed E-state index contributed by atoms with van der Waals surface area (Å²) in [7, 11) is 4.12. The zero-order valence-electron chi connectivity index (χ0n) is 12.4. The summed E-state index contributed by atoms with van der Waals surface area (Å²) in [6.45, 7) is 7.31. The van der Waals surface area contributed by atoms with E-state index >= 15 is 0 Å². The van der Waals surface area contributed by atoms with Crippen LogP contribution in [0.25, 0.3) is 11.0 Å². The van der Waals surface area contributed by atoms with Gasteiger partial charge in [0.1, 0.15) is 11.3 Å². The standard InChI is InChI=1S/C16H24N2O/c1-12(2)10-18(4)11-14-13-7-5-6-8-15(13)19-16(14)9-17-3/h5-8,12,17H,9-11H2,1-4H3. The number of fused-ring (bicyclic) bond motifs is 1. The van der Waals surface area contributed by atoms with Crippen molar-refractivity contribution in [3.05, 3.63) is 35.6 Å². The molecule has 3 nitrogen and oxygen atoms in total. The highest BCUT2D eigenvalue weighted by Crippen LogP contribution is 2.27. The van der Waals surface area contributed by atoms with Crippen LogP contribution in [0.4, 0.5) is 0 Å². The third kappa shape index (κ3) is 3.37.